The summed E-state index contributed by atoms with van der Waals surface area (Å²) in [6, 6.07) is 9.52. The van der Waals surface area contributed by atoms with E-state index >= 15 is 0 Å². The molecule has 0 spiro atoms. The van der Waals surface area contributed by atoms with Gasteiger partial charge in [0.15, 0.2) is 5.65 Å². The van der Waals surface area contributed by atoms with Crippen molar-refractivity contribution in [2.75, 3.05) is 30.8 Å². The lowest BCUT2D eigenvalue weighted by molar-refractivity contribution is 0.291. The van der Waals surface area contributed by atoms with Crippen LogP contribution in [0, 0.1) is 13.8 Å². The molecule has 4 aromatic rings. The van der Waals surface area contributed by atoms with Crippen LogP contribution in [0.15, 0.2) is 69.6 Å². The van der Waals surface area contributed by atoms with Crippen LogP contribution in [0.1, 0.15) is 18.2 Å². The Labute approximate surface area is 255 Å². The summed E-state index contributed by atoms with van der Waals surface area (Å²) in [4.78, 5) is 33.5. The molecule has 1 aliphatic rings. The highest BCUT2D eigenvalue weighted by Gasteiger charge is 2.29. The SMILES string of the molecule is [B]c1cc2c(N3CCN(C(=C)C=C)CC3C)nc(=O)n(-c3c(SC)cc(C)nc3Br)c2nc1-c1c([B])cccc1C. The highest BCUT2D eigenvalue weighted by atomic mass is 79.9. The van der Waals surface area contributed by atoms with Crippen molar-refractivity contribution in [2.45, 2.75) is 31.7 Å². The quantitative estimate of drug-likeness (QED) is 0.141. The third-order valence-electron chi connectivity index (χ3n) is 7.45. The van der Waals surface area contributed by atoms with Gasteiger partial charge < -0.3 is 9.80 Å². The Morgan fingerprint density at radius 3 is 2.56 bits per heavy atom. The molecule has 0 aliphatic carbocycles. The van der Waals surface area contributed by atoms with Crippen LogP contribution in [-0.4, -0.2) is 72.0 Å². The second kappa shape index (κ2) is 11.5. The highest BCUT2D eigenvalue weighted by molar-refractivity contribution is 9.10. The summed E-state index contributed by atoms with van der Waals surface area (Å²) in [5.74, 6) is 0.544. The fourth-order valence-electron chi connectivity index (χ4n) is 5.40. The monoisotopic (exact) mass is 622 g/mol. The van der Waals surface area contributed by atoms with Crippen molar-refractivity contribution in [3.05, 3.63) is 81.6 Å². The van der Waals surface area contributed by atoms with E-state index < -0.39 is 5.69 Å². The summed E-state index contributed by atoms with van der Waals surface area (Å²) < 4.78 is 2.05. The van der Waals surface area contributed by atoms with Crippen molar-refractivity contribution in [3.63, 3.8) is 0 Å². The van der Waals surface area contributed by atoms with Gasteiger partial charge in [-0.05, 0) is 66.2 Å². The number of hydrogen-bond acceptors (Lipinski definition) is 7. The van der Waals surface area contributed by atoms with Crippen LogP contribution in [0.3, 0.4) is 0 Å². The highest BCUT2D eigenvalue weighted by Crippen LogP contribution is 2.34. The number of fused-ring (bicyclic) bond motifs is 1. The number of piperazine rings is 1. The third-order valence-corrected chi connectivity index (χ3v) is 8.75. The van der Waals surface area contributed by atoms with Crippen LogP contribution in [-0.2, 0) is 0 Å². The second-order valence-corrected chi connectivity index (χ2v) is 11.8. The van der Waals surface area contributed by atoms with Crippen molar-refractivity contribution in [2.24, 2.45) is 0 Å². The second-order valence-electron chi connectivity index (χ2n) is 10.2. The van der Waals surface area contributed by atoms with E-state index in [1.54, 1.807) is 6.08 Å². The Balaban J connectivity index is 1.83. The molecule has 1 aromatic carbocycles. The van der Waals surface area contributed by atoms with Gasteiger partial charge in [0, 0.05) is 42.0 Å². The number of benzene rings is 1. The number of aromatic nitrogens is 4. The molecule has 11 heteroatoms. The van der Waals surface area contributed by atoms with E-state index in [2.05, 4.69) is 55.8 Å². The number of pyridine rings is 2. The maximum Gasteiger partial charge on any atom is 0.355 e. The van der Waals surface area contributed by atoms with Gasteiger partial charge in [-0.3, -0.25) is 0 Å². The van der Waals surface area contributed by atoms with Gasteiger partial charge in [-0.15, -0.1) is 11.8 Å². The molecule has 0 N–H and O–H groups in total. The summed E-state index contributed by atoms with van der Waals surface area (Å²) in [6.07, 6.45) is 3.72. The molecule has 204 valence electrons. The number of thioether (sulfide) groups is 1. The largest absolute Gasteiger partial charge is 0.368 e. The zero-order valence-corrected chi connectivity index (χ0v) is 26.0. The lowest BCUT2D eigenvalue weighted by Gasteiger charge is -2.42. The molecule has 1 fully saturated rings. The van der Waals surface area contributed by atoms with Gasteiger partial charge in [0.1, 0.15) is 26.1 Å². The molecule has 1 aliphatic heterocycles. The predicted octanol–water partition coefficient (Wildman–Crippen LogP) is 3.74. The molecule has 0 saturated carbocycles. The van der Waals surface area contributed by atoms with E-state index in [0.29, 0.717) is 63.4 Å². The Bertz CT molecular complexity index is 1750. The summed E-state index contributed by atoms with van der Waals surface area (Å²) in [5.41, 5.74) is 5.44. The lowest BCUT2D eigenvalue weighted by Crippen LogP contribution is -2.52. The van der Waals surface area contributed by atoms with Crippen LogP contribution >= 0.6 is 27.7 Å². The summed E-state index contributed by atoms with van der Waals surface area (Å²) in [7, 11) is 13.1. The first-order valence-electron chi connectivity index (χ1n) is 13.2. The van der Waals surface area contributed by atoms with Gasteiger partial charge in [0.05, 0.1) is 16.8 Å². The van der Waals surface area contributed by atoms with Gasteiger partial charge in [0.25, 0.3) is 0 Å². The van der Waals surface area contributed by atoms with E-state index in [4.69, 9.17) is 20.7 Å². The average molecular weight is 623 g/mol. The van der Waals surface area contributed by atoms with Crippen molar-refractivity contribution in [3.8, 4) is 16.9 Å². The minimum Gasteiger partial charge on any atom is -0.368 e. The summed E-state index contributed by atoms with van der Waals surface area (Å²) >= 11 is 5.13. The molecule has 1 unspecified atom stereocenters. The molecular formula is C30H29B2BrN6OS. The van der Waals surface area contributed by atoms with Crippen molar-refractivity contribution >= 4 is 71.2 Å². The molecule has 1 atom stereocenters. The van der Waals surface area contributed by atoms with Gasteiger partial charge in [0.2, 0.25) is 0 Å². The fraction of sp³-hybridized carbons (Fsp3) is 0.267. The fourth-order valence-corrected chi connectivity index (χ4v) is 6.87. The molecule has 3 aromatic heterocycles. The van der Waals surface area contributed by atoms with Crippen molar-refractivity contribution in [1.82, 2.24) is 24.4 Å². The maximum absolute atomic E-state index is 14.0. The Hall–Kier alpha value is -3.30. The Morgan fingerprint density at radius 2 is 1.90 bits per heavy atom. The molecular weight excluding hydrogens is 594 g/mol. The Morgan fingerprint density at radius 1 is 1.15 bits per heavy atom. The molecule has 4 heterocycles. The topological polar surface area (TPSA) is 67.2 Å². The third kappa shape index (κ3) is 5.26. The van der Waals surface area contributed by atoms with E-state index in [1.807, 2.05) is 50.4 Å². The zero-order valence-electron chi connectivity index (χ0n) is 23.6. The number of aryl methyl sites for hydroxylation is 2. The van der Waals surface area contributed by atoms with Crippen LogP contribution in [0.4, 0.5) is 5.82 Å². The molecule has 41 heavy (non-hydrogen) atoms. The number of anilines is 1. The summed E-state index contributed by atoms with van der Waals surface area (Å²) in [5, 5.41) is 0.667. The van der Waals surface area contributed by atoms with E-state index in [-0.39, 0.29) is 6.04 Å². The normalized spacial score (nSPS) is 15.4. The zero-order chi connectivity index (χ0) is 29.6. The molecule has 7 nitrogen and oxygen atoms in total. The van der Waals surface area contributed by atoms with Crippen LogP contribution < -0.4 is 21.5 Å². The first-order valence-corrected chi connectivity index (χ1v) is 15.2. The maximum atomic E-state index is 14.0. The number of nitrogens with zero attached hydrogens (tertiary/aromatic N) is 6. The molecule has 5 rings (SSSR count). The summed E-state index contributed by atoms with van der Waals surface area (Å²) in [6.45, 7) is 16.0. The van der Waals surface area contributed by atoms with Gasteiger partial charge in [-0.25, -0.2) is 19.3 Å². The van der Waals surface area contributed by atoms with Gasteiger partial charge in [-0.1, -0.05) is 48.3 Å². The number of halogens is 1. The van der Waals surface area contributed by atoms with Crippen LogP contribution in [0.2, 0.25) is 0 Å². The molecule has 0 amide bonds. The average Bonchev–Trinajstić information content (AvgIpc) is 2.93. The van der Waals surface area contributed by atoms with E-state index in [0.717, 1.165) is 27.4 Å². The molecule has 0 bridgehead atoms. The lowest BCUT2D eigenvalue weighted by atomic mass is 9.81. The standard InChI is InChI=1S/C30H29B2BrN6OS/c1-7-18(4)37-11-12-38(19(5)15-37)28-20-14-22(32)25(24-16(2)9-8-10-21(24)31)35-29(20)39(30(40)36-28)26-23(41-6)13-17(3)34-27(26)33/h7-10,13-14,19H,1,4,11-12,15H2,2-3,5-6H3. The predicted molar refractivity (Wildman–Crippen MR) is 176 cm³/mol. The number of rotatable bonds is 6. The Kier molecular flexibility index (Phi) is 8.21. The van der Waals surface area contributed by atoms with E-state index in [1.165, 1.54) is 16.3 Å². The molecule has 1 saturated heterocycles. The van der Waals surface area contributed by atoms with E-state index in [9.17, 15) is 4.79 Å². The minimum atomic E-state index is -0.458. The smallest absolute Gasteiger partial charge is 0.355 e. The first kappa shape index (κ1) is 29.2. The number of allylic oxidation sites excluding steroid dienone is 1. The van der Waals surface area contributed by atoms with Gasteiger partial charge in [-0.2, -0.15) is 4.98 Å². The number of hydrogen-bond donors (Lipinski definition) is 0. The van der Waals surface area contributed by atoms with Crippen molar-refractivity contribution < 1.29 is 0 Å². The van der Waals surface area contributed by atoms with Gasteiger partial charge >= 0.3 is 5.69 Å². The van der Waals surface area contributed by atoms with Crippen LogP contribution in [0.5, 0.6) is 0 Å². The molecule has 4 radical (unpaired) electrons. The van der Waals surface area contributed by atoms with Crippen LogP contribution in [0.25, 0.3) is 28.0 Å². The van der Waals surface area contributed by atoms with Crippen molar-refractivity contribution in [1.29, 1.82) is 0 Å². The minimum absolute atomic E-state index is 0.0360. The first-order chi connectivity index (χ1) is 19.5.